The molecule has 0 amide bonds. The Balaban J connectivity index is 1.20. The minimum Gasteiger partial charge on any atom is -0.376 e. The minimum atomic E-state index is -0.266. The van der Waals surface area contributed by atoms with Crippen LogP contribution < -0.4 is 0 Å². The third-order valence-electron chi connectivity index (χ3n) is 5.88. The molecule has 1 unspecified atom stereocenters. The average Bonchev–Trinajstić information content (AvgIpc) is 3.23. The van der Waals surface area contributed by atoms with Crippen molar-refractivity contribution in [3.63, 3.8) is 0 Å². The maximum absolute atomic E-state index is 6.32. The predicted molar refractivity (Wildman–Crippen MR) is 78.1 cm³/mol. The third-order valence-corrected chi connectivity index (χ3v) is 5.88. The monoisotopic (exact) mass is 296 g/mol. The van der Waals surface area contributed by atoms with E-state index in [0.717, 1.165) is 45.5 Å². The predicted octanol–water partition coefficient (Wildman–Crippen LogP) is 3.18. The standard InChI is InChI=1S/C17H28O4/c1-2-7-16(6-1)8-3-15(21-16)13-18-14-4-9-17(10-5-14)19-11-12-20-17/h14-15H,1-13H2. The molecule has 120 valence electrons. The van der Waals surface area contributed by atoms with Gasteiger partial charge >= 0.3 is 0 Å². The van der Waals surface area contributed by atoms with Crippen LogP contribution in [0.25, 0.3) is 0 Å². The van der Waals surface area contributed by atoms with Crippen LogP contribution in [0.2, 0.25) is 0 Å². The zero-order valence-electron chi connectivity index (χ0n) is 13.0. The summed E-state index contributed by atoms with van der Waals surface area (Å²) in [6.45, 7) is 2.29. The molecule has 2 spiro atoms. The molecule has 2 aliphatic carbocycles. The molecule has 0 aromatic rings. The van der Waals surface area contributed by atoms with Gasteiger partial charge < -0.3 is 18.9 Å². The Hall–Kier alpha value is -0.160. The molecule has 4 rings (SSSR count). The van der Waals surface area contributed by atoms with Crippen molar-refractivity contribution in [2.45, 2.75) is 87.8 Å². The maximum Gasteiger partial charge on any atom is 0.168 e. The quantitative estimate of drug-likeness (QED) is 0.801. The van der Waals surface area contributed by atoms with Gasteiger partial charge in [0.05, 0.1) is 37.6 Å². The molecule has 0 aromatic carbocycles. The fourth-order valence-electron chi connectivity index (χ4n) is 4.63. The normalized spacial score (nSPS) is 35.1. The molecule has 21 heavy (non-hydrogen) atoms. The smallest absolute Gasteiger partial charge is 0.168 e. The van der Waals surface area contributed by atoms with Gasteiger partial charge in [-0.05, 0) is 38.5 Å². The van der Waals surface area contributed by atoms with Crippen molar-refractivity contribution < 1.29 is 18.9 Å². The molecule has 2 aliphatic heterocycles. The summed E-state index contributed by atoms with van der Waals surface area (Å²) in [5.74, 6) is -0.266. The molecule has 4 heteroatoms. The molecule has 4 nitrogen and oxygen atoms in total. The highest BCUT2D eigenvalue weighted by Gasteiger charge is 2.43. The summed E-state index contributed by atoms with van der Waals surface area (Å²) < 4.78 is 24.0. The van der Waals surface area contributed by atoms with E-state index in [4.69, 9.17) is 18.9 Å². The summed E-state index contributed by atoms with van der Waals surface area (Å²) in [7, 11) is 0. The largest absolute Gasteiger partial charge is 0.376 e. The lowest BCUT2D eigenvalue weighted by Crippen LogP contribution is -2.38. The molecule has 0 N–H and O–H groups in total. The van der Waals surface area contributed by atoms with Crippen molar-refractivity contribution >= 4 is 0 Å². The summed E-state index contributed by atoms with van der Waals surface area (Å²) in [5, 5.41) is 0. The summed E-state index contributed by atoms with van der Waals surface area (Å²) in [6, 6.07) is 0. The van der Waals surface area contributed by atoms with Crippen LogP contribution in [-0.2, 0) is 18.9 Å². The fraction of sp³-hybridized carbons (Fsp3) is 1.00. The molecular weight excluding hydrogens is 268 g/mol. The zero-order valence-corrected chi connectivity index (χ0v) is 13.0. The second-order valence-electron chi connectivity index (χ2n) is 7.31. The number of hydrogen-bond acceptors (Lipinski definition) is 4. The van der Waals surface area contributed by atoms with E-state index in [1.807, 2.05) is 0 Å². The molecule has 0 bridgehead atoms. The highest BCUT2D eigenvalue weighted by molar-refractivity contribution is 4.93. The lowest BCUT2D eigenvalue weighted by Gasteiger charge is -2.35. The van der Waals surface area contributed by atoms with Crippen LogP contribution in [0.4, 0.5) is 0 Å². The second kappa shape index (κ2) is 5.80. The van der Waals surface area contributed by atoms with Gasteiger partial charge in [-0.1, -0.05) is 12.8 Å². The van der Waals surface area contributed by atoms with E-state index in [2.05, 4.69) is 0 Å². The minimum absolute atomic E-state index is 0.232. The molecule has 0 radical (unpaired) electrons. The lowest BCUT2D eigenvalue weighted by atomic mass is 9.92. The molecule has 4 aliphatic rings. The maximum atomic E-state index is 6.32. The van der Waals surface area contributed by atoms with Gasteiger partial charge in [-0.25, -0.2) is 0 Å². The highest BCUT2D eigenvalue weighted by Crippen LogP contribution is 2.43. The van der Waals surface area contributed by atoms with E-state index < -0.39 is 0 Å². The van der Waals surface area contributed by atoms with Crippen LogP contribution in [0.3, 0.4) is 0 Å². The first kappa shape index (κ1) is 14.4. The first-order chi connectivity index (χ1) is 10.3. The third kappa shape index (κ3) is 3.00. The Labute approximate surface area is 127 Å². The van der Waals surface area contributed by atoms with Crippen LogP contribution in [0.1, 0.15) is 64.2 Å². The van der Waals surface area contributed by atoms with Gasteiger partial charge in [0.15, 0.2) is 5.79 Å². The summed E-state index contributed by atoms with van der Waals surface area (Å²) in [6.07, 6.45) is 12.4. The number of hydrogen-bond donors (Lipinski definition) is 0. The molecular formula is C17H28O4. The Morgan fingerprint density at radius 1 is 0.857 bits per heavy atom. The van der Waals surface area contributed by atoms with Crippen molar-refractivity contribution in [3.8, 4) is 0 Å². The van der Waals surface area contributed by atoms with Gasteiger partial charge in [-0.15, -0.1) is 0 Å². The summed E-state index contributed by atoms with van der Waals surface area (Å²) in [5.41, 5.74) is 0.232. The first-order valence-corrected chi connectivity index (χ1v) is 8.85. The summed E-state index contributed by atoms with van der Waals surface area (Å²) >= 11 is 0. The van der Waals surface area contributed by atoms with Crippen molar-refractivity contribution in [3.05, 3.63) is 0 Å². The molecule has 2 saturated heterocycles. The molecule has 4 fully saturated rings. The fourth-order valence-corrected chi connectivity index (χ4v) is 4.63. The van der Waals surface area contributed by atoms with E-state index in [-0.39, 0.29) is 11.4 Å². The second-order valence-corrected chi connectivity index (χ2v) is 7.31. The van der Waals surface area contributed by atoms with Gasteiger partial charge in [0.2, 0.25) is 0 Å². The number of ether oxygens (including phenoxy) is 4. The topological polar surface area (TPSA) is 36.9 Å². The Morgan fingerprint density at radius 3 is 2.29 bits per heavy atom. The van der Waals surface area contributed by atoms with E-state index >= 15 is 0 Å². The molecule has 0 aromatic heterocycles. The first-order valence-electron chi connectivity index (χ1n) is 8.85. The molecule has 1 atom stereocenters. The Kier molecular flexibility index (Phi) is 3.99. The van der Waals surface area contributed by atoms with Gasteiger partial charge in [0.25, 0.3) is 0 Å². The Morgan fingerprint density at radius 2 is 1.57 bits per heavy atom. The van der Waals surface area contributed by atoms with Crippen molar-refractivity contribution in [2.75, 3.05) is 19.8 Å². The lowest BCUT2D eigenvalue weighted by molar-refractivity contribution is -0.194. The van der Waals surface area contributed by atoms with Crippen LogP contribution in [0.5, 0.6) is 0 Å². The van der Waals surface area contributed by atoms with Crippen LogP contribution in [0.15, 0.2) is 0 Å². The van der Waals surface area contributed by atoms with Gasteiger partial charge in [0, 0.05) is 12.8 Å². The zero-order chi connectivity index (χ0) is 14.2. The van der Waals surface area contributed by atoms with E-state index in [9.17, 15) is 0 Å². The molecule has 2 saturated carbocycles. The average molecular weight is 296 g/mol. The van der Waals surface area contributed by atoms with Gasteiger partial charge in [-0.2, -0.15) is 0 Å². The highest BCUT2D eigenvalue weighted by atomic mass is 16.7. The van der Waals surface area contributed by atoms with Crippen molar-refractivity contribution in [1.29, 1.82) is 0 Å². The summed E-state index contributed by atoms with van der Waals surface area (Å²) in [4.78, 5) is 0. The van der Waals surface area contributed by atoms with Crippen LogP contribution in [-0.4, -0.2) is 43.4 Å². The van der Waals surface area contributed by atoms with Crippen LogP contribution in [0, 0.1) is 0 Å². The van der Waals surface area contributed by atoms with Crippen molar-refractivity contribution in [1.82, 2.24) is 0 Å². The van der Waals surface area contributed by atoms with Gasteiger partial charge in [0.1, 0.15) is 0 Å². The van der Waals surface area contributed by atoms with E-state index in [1.165, 1.54) is 38.5 Å². The van der Waals surface area contributed by atoms with E-state index in [1.54, 1.807) is 0 Å². The molecule has 2 heterocycles. The van der Waals surface area contributed by atoms with E-state index in [0.29, 0.717) is 12.2 Å². The number of rotatable bonds is 3. The SMILES string of the molecule is C1CCC2(C1)CCC(COC1CCC3(CC1)OCCO3)O2. The van der Waals surface area contributed by atoms with Crippen LogP contribution >= 0.6 is 0 Å². The van der Waals surface area contributed by atoms with Gasteiger partial charge in [-0.3, -0.25) is 0 Å². The van der Waals surface area contributed by atoms with Crippen molar-refractivity contribution in [2.24, 2.45) is 0 Å². The Bertz CT molecular complexity index is 348.